The topological polar surface area (TPSA) is 120 Å². The molecule has 2 aromatic carbocycles. The van der Waals surface area contributed by atoms with Crippen molar-refractivity contribution < 1.29 is 28.6 Å². The first-order valence-corrected chi connectivity index (χ1v) is 13.3. The van der Waals surface area contributed by atoms with Gasteiger partial charge in [0.05, 0.1) is 41.1 Å². The number of methoxy groups -OCH3 is 1. The zero-order chi connectivity index (χ0) is 28.6. The molecule has 9 nitrogen and oxygen atoms in total. The summed E-state index contributed by atoms with van der Waals surface area (Å²) in [6, 6.07) is 14.9. The number of benzene rings is 2. The number of rotatable bonds is 7. The molecule has 0 bridgehead atoms. The molecule has 0 saturated carbocycles. The molecule has 0 amide bonds. The number of furan rings is 1. The highest BCUT2D eigenvalue weighted by Crippen LogP contribution is 2.32. The van der Waals surface area contributed by atoms with Crippen molar-refractivity contribution in [3.63, 3.8) is 0 Å². The van der Waals surface area contributed by atoms with Crippen molar-refractivity contribution in [3.8, 4) is 17.1 Å². The average Bonchev–Trinajstić information content (AvgIpc) is 3.52. The highest BCUT2D eigenvalue weighted by Gasteiger charge is 2.33. The maximum Gasteiger partial charge on any atom is 0.338 e. The Labute approximate surface area is 232 Å². The number of nitrogens with zero attached hydrogens (tertiary/aromatic N) is 2. The van der Waals surface area contributed by atoms with Crippen LogP contribution in [0.15, 0.2) is 80.1 Å². The van der Waals surface area contributed by atoms with Crippen molar-refractivity contribution in [1.29, 1.82) is 0 Å². The van der Waals surface area contributed by atoms with Crippen LogP contribution in [0.4, 0.5) is 0 Å². The van der Waals surface area contributed by atoms with Crippen LogP contribution in [0.2, 0.25) is 0 Å². The number of carbonyl (C=O) groups excluding carboxylic acids is 1. The number of carbonyl (C=O) groups is 2. The lowest BCUT2D eigenvalue weighted by molar-refractivity contribution is -0.139. The van der Waals surface area contributed by atoms with Crippen LogP contribution in [0.3, 0.4) is 0 Å². The van der Waals surface area contributed by atoms with Gasteiger partial charge < -0.3 is 19.0 Å². The summed E-state index contributed by atoms with van der Waals surface area (Å²) in [6.07, 6.45) is 1.62. The summed E-state index contributed by atoms with van der Waals surface area (Å²) in [5, 5.41) is 9.46. The second-order valence-electron chi connectivity index (χ2n) is 9.06. The minimum absolute atomic E-state index is 0.181. The number of fused-ring (bicyclic) bond motifs is 1. The van der Waals surface area contributed by atoms with Crippen LogP contribution in [0.5, 0.6) is 5.75 Å². The van der Waals surface area contributed by atoms with Gasteiger partial charge in [-0.15, -0.1) is 0 Å². The molecule has 3 heterocycles. The maximum absolute atomic E-state index is 13.8. The molecule has 0 saturated heterocycles. The van der Waals surface area contributed by atoms with E-state index in [4.69, 9.17) is 13.9 Å². The van der Waals surface area contributed by atoms with Gasteiger partial charge in [-0.05, 0) is 62.2 Å². The fraction of sp³-hybridized carbons (Fsp3) is 0.200. The molecule has 4 aromatic rings. The molecule has 1 atom stereocenters. The van der Waals surface area contributed by atoms with Crippen LogP contribution < -0.4 is 19.6 Å². The van der Waals surface area contributed by atoms with E-state index in [2.05, 4.69) is 4.99 Å². The second-order valence-corrected chi connectivity index (χ2v) is 10.1. The predicted octanol–water partition coefficient (Wildman–Crippen LogP) is 4.07. The summed E-state index contributed by atoms with van der Waals surface area (Å²) in [7, 11) is 1.55. The standard InChI is InChI=1S/C30H26N2O7S/c1-5-38-29(36)25-17(3)31-30-32(26(25)18-8-6-9-19(14-18)37-4)27(33)24(40-30)15-20-12-13-23(39-20)21-10-7-11-22(16(21)2)28(34)35/h6-15,26H,5H2,1-4H3,(H,34,35)/b24-15-/t26-/m1/s1. The summed E-state index contributed by atoms with van der Waals surface area (Å²) in [5.74, 6) is -0.0763. The summed E-state index contributed by atoms with van der Waals surface area (Å²) in [5.41, 5.74) is 2.50. The molecular weight excluding hydrogens is 532 g/mol. The van der Waals surface area contributed by atoms with Crippen molar-refractivity contribution in [2.24, 2.45) is 4.99 Å². The van der Waals surface area contributed by atoms with Crippen molar-refractivity contribution in [3.05, 3.63) is 108 Å². The summed E-state index contributed by atoms with van der Waals surface area (Å²) < 4.78 is 18.6. The van der Waals surface area contributed by atoms with Crippen LogP contribution in [0.1, 0.15) is 47.1 Å². The molecule has 40 heavy (non-hydrogen) atoms. The Morgan fingerprint density at radius 1 is 1.15 bits per heavy atom. The number of aromatic carboxylic acids is 1. The molecule has 0 spiro atoms. The van der Waals surface area contributed by atoms with Gasteiger partial charge in [-0.25, -0.2) is 14.6 Å². The zero-order valence-corrected chi connectivity index (χ0v) is 23.1. The molecule has 1 N–H and O–H groups in total. The molecular formula is C30H26N2O7S. The largest absolute Gasteiger partial charge is 0.497 e. The molecule has 1 aliphatic heterocycles. The summed E-state index contributed by atoms with van der Waals surface area (Å²) in [6.45, 7) is 5.35. The van der Waals surface area contributed by atoms with E-state index in [1.165, 1.54) is 22.0 Å². The number of aromatic nitrogens is 1. The minimum Gasteiger partial charge on any atom is -0.497 e. The molecule has 2 aromatic heterocycles. The minimum atomic E-state index is -1.02. The van der Waals surface area contributed by atoms with Crippen LogP contribution in [-0.4, -0.2) is 35.3 Å². The Balaban J connectivity index is 1.64. The predicted molar refractivity (Wildman–Crippen MR) is 149 cm³/mol. The zero-order valence-electron chi connectivity index (χ0n) is 22.3. The molecule has 10 heteroatoms. The van der Waals surface area contributed by atoms with E-state index in [0.29, 0.717) is 49.0 Å². The molecule has 0 fully saturated rings. The van der Waals surface area contributed by atoms with Gasteiger partial charge in [0.2, 0.25) is 0 Å². The van der Waals surface area contributed by atoms with E-state index in [1.807, 2.05) is 6.07 Å². The van der Waals surface area contributed by atoms with Gasteiger partial charge >= 0.3 is 11.9 Å². The van der Waals surface area contributed by atoms with Gasteiger partial charge in [0.15, 0.2) is 4.80 Å². The number of allylic oxidation sites excluding steroid dienone is 1. The number of thiazole rings is 1. The Hall–Kier alpha value is -4.70. The fourth-order valence-corrected chi connectivity index (χ4v) is 5.78. The number of hydrogen-bond acceptors (Lipinski definition) is 8. The quantitative estimate of drug-likeness (QED) is 0.340. The molecule has 0 unspecified atom stereocenters. The van der Waals surface area contributed by atoms with Crippen molar-refractivity contribution in [2.45, 2.75) is 26.8 Å². The summed E-state index contributed by atoms with van der Waals surface area (Å²) >= 11 is 1.18. The summed E-state index contributed by atoms with van der Waals surface area (Å²) in [4.78, 5) is 43.4. The Morgan fingerprint density at radius 2 is 1.93 bits per heavy atom. The first-order chi connectivity index (χ1) is 19.2. The van der Waals surface area contributed by atoms with E-state index in [9.17, 15) is 19.5 Å². The number of carboxylic acids is 1. The van der Waals surface area contributed by atoms with Gasteiger partial charge in [-0.3, -0.25) is 9.36 Å². The second kappa shape index (κ2) is 10.8. The monoisotopic (exact) mass is 558 g/mol. The van der Waals surface area contributed by atoms with Gasteiger partial charge in [0.25, 0.3) is 5.56 Å². The maximum atomic E-state index is 13.8. The molecule has 1 aliphatic rings. The highest BCUT2D eigenvalue weighted by atomic mass is 32.1. The Kier molecular flexibility index (Phi) is 7.27. The van der Waals surface area contributed by atoms with E-state index in [1.54, 1.807) is 76.4 Å². The third kappa shape index (κ3) is 4.77. The fourth-order valence-electron chi connectivity index (χ4n) is 4.76. The first-order valence-electron chi connectivity index (χ1n) is 12.5. The van der Waals surface area contributed by atoms with Gasteiger partial charge in [0, 0.05) is 11.6 Å². The van der Waals surface area contributed by atoms with Crippen molar-refractivity contribution in [1.82, 2.24) is 4.57 Å². The van der Waals surface area contributed by atoms with Gasteiger partial charge in [-0.1, -0.05) is 35.6 Å². The lowest BCUT2D eigenvalue weighted by Gasteiger charge is -2.24. The third-order valence-electron chi connectivity index (χ3n) is 6.66. The number of carboxylic acid groups (broad SMARTS) is 1. The molecule has 204 valence electrons. The number of ether oxygens (including phenoxy) is 2. The lowest BCUT2D eigenvalue weighted by atomic mass is 9.95. The van der Waals surface area contributed by atoms with E-state index < -0.39 is 18.0 Å². The van der Waals surface area contributed by atoms with Crippen LogP contribution in [0, 0.1) is 6.92 Å². The number of hydrogen-bond donors (Lipinski definition) is 1. The Morgan fingerprint density at radius 3 is 2.65 bits per heavy atom. The SMILES string of the molecule is CCOC(=O)C1=C(C)N=c2s/c(=C\c3ccc(-c4cccc(C(=O)O)c4C)o3)c(=O)n2[C@@H]1c1cccc(OC)c1. The Bertz CT molecular complexity index is 1860. The highest BCUT2D eigenvalue weighted by molar-refractivity contribution is 7.07. The van der Waals surface area contributed by atoms with E-state index in [-0.39, 0.29) is 23.3 Å². The lowest BCUT2D eigenvalue weighted by Crippen LogP contribution is -2.39. The molecule has 0 aliphatic carbocycles. The third-order valence-corrected chi connectivity index (χ3v) is 7.64. The van der Waals surface area contributed by atoms with E-state index >= 15 is 0 Å². The number of esters is 1. The normalized spacial score (nSPS) is 15.0. The first kappa shape index (κ1) is 26.9. The van der Waals surface area contributed by atoms with Crippen LogP contribution in [0.25, 0.3) is 17.4 Å². The van der Waals surface area contributed by atoms with Gasteiger partial charge in [-0.2, -0.15) is 0 Å². The van der Waals surface area contributed by atoms with Crippen LogP contribution in [-0.2, 0) is 9.53 Å². The molecule has 0 radical (unpaired) electrons. The van der Waals surface area contributed by atoms with Gasteiger partial charge in [0.1, 0.15) is 17.3 Å². The van der Waals surface area contributed by atoms with Crippen LogP contribution >= 0.6 is 11.3 Å². The molecule has 5 rings (SSSR count). The van der Waals surface area contributed by atoms with Crippen molar-refractivity contribution >= 4 is 29.4 Å². The van der Waals surface area contributed by atoms with Crippen molar-refractivity contribution in [2.75, 3.05) is 13.7 Å². The van der Waals surface area contributed by atoms with E-state index in [0.717, 1.165) is 0 Å². The average molecular weight is 559 g/mol. The smallest absolute Gasteiger partial charge is 0.338 e.